The van der Waals surface area contributed by atoms with Crippen LogP contribution < -0.4 is 16.4 Å². The fourth-order valence-corrected chi connectivity index (χ4v) is 5.67. The number of carbonyl (C=O) groups excluding carboxylic acids is 2. The van der Waals surface area contributed by atoms with Crippen LogP contribution in [0, 0.1) is 5.82 Å². The van der Waals surface area contributed by atoms with Gasteiger partial charge in [0.05, 0.1) is 5.41 Å². The van der Waals surface area contributed by atoms with E-state index in [9.17, 15) is 14.0 Å². The minimum absolute atomic E-state index is 0.169. The third-order valence-corrected chi connectivity index (χ3v) is 7.41. The number of H-pyrrole nitrogens is 1. The van der Waals surface area contributed by atoms with Crippen LogP contribution in [-0.4, -0.2) is 47.1 Å². The minimum Gasteiger partial charge on any atom is -0.355 e. The number of nitrogens with one attached hydrogen (secondary N) is 3. The van der Waals surface area contributed by atoms with Crippen LogP contribution >= 0.6 is 0 Å². The molecule has 5 N–H and O–H groups in total. The SMILES string of the molecule is CNC(=O)c1ccc2c(c1)CCc1cc(C(=O)NC)ccc1C2(C[C@H](C)N)c1nnc(-c2ccc(F)cc2)[nH]1. The maximum absolute atomic E-state index is 13.6. The van der Waals surface area contributed by atoms with Gasteiger partial charge in [-0.15, -0.1) is 10.2 Å². The summed E-state index contributed by atoms with van der Waals surface area (Å²) in [7, 11) is 3.21. The molecule has 0 saturated heterocycles. The Morgan fingerprint density at radius 2 is 1.46 bits per heavy atom. The van der Waals surface area contributed by atoms with Crippen LogP contribution in [0.2, 0.25) is 0 Å². The Balaban J connectivity index is 1.79. The smallest absolute Gasteiger partial charge is 0.251 e. The van der Waals surface area contributed by atoms with Crippen LogP contribution in [0.5, 0.6) is 0 Å². The van der Waals surface area contributed by atoms with Crippen LogP contribution in [0.25, 0.3) is 11.4 Å². The normalized spacial score (nSPS) is 14.5. The average molecular weight is 527 g/mol. The molecule has 8 nitrogen and oxygen atoms in total. The van der Waals surface area contributed by atoms with Crippen molar-refractivity contribution in [2.24, 2.45) is 5.73 Å². The lowest BCUT2D eigenvalue weighted by Crippen LogP contribution is -2.38. The maximum Gasteiger partial charge on any atom is 0.251 e. The van der Waals surface area contributed by atoms with Gasteiger partial charge in [0.1, 0.15) is 11.6 Å². The number of nitrogens with two attached hydrogens (primary N) is 1. The number of hydrogen-bond acceptors (Lipinski definition) is 5. The topological polar surface area (TPSA) is 126 Å². The van der Waals surface area contributed by atoms with Crippen LogP contribution in [0.4, 0.5) is 4.39 Å². The van der Waals surface area contributed by atoms with E-state index in [2.05, 4.69) is 25.8 Å². The third kappa shape index (κ3) is 4.70. The highest BCUT2D eigenvalue weighted by atomic mass is 19.1. The van der Waals surface area contributed by atoms with Gasteiger partial charge in [0, 0.05) is 36.8 Å². The lowest BCUT2D eigenvalue weighted by Gasteiger charge is -2.36. The van der Waals surface area contributed by atoms with Gasteiger partial charge in [0.15, 0.2) is 5.82 Å². The van der Waals surface area contributed by atoms with Gasteiger partial charge in [-0.1, -0.05) is 12.1 Å². The van der Waals surface area contributed by atoms with Gasteiger partial charge in [-0.2, -0.15) is 0 Å². The molecule has 39 heavy (non-hydrogen) atoms. The van der Waals surface area contributed by atoms with E-state index in [0.717, 1.165) is 22.3 Å². The molecular formula is C30H31FN6O2. The van der Waals surface area contributed by atoms with E-state index in [-0.39, 0.29) is 23.7 Å². The monoisotopic (exact) mass is 526 g/mol. The molecule has 0 saturated carbocycles. The van der Waals surface area contributed by atoms with Crippen LogP contribution in [-0.2, 0) is 18.3 Å². The van der Waals surface area contributed by atoms with Crippen molar-refractivity contribution in [1.29, 1.82) is 0 Å². The van der Waals surface area contributed by atoms with E-state index in [1.807, 2.05) is 43.3 Å². The quantitative estimate of drug-likeness (QED) is 0.306. The number of halogens is 1. The summed E-state index contributed by atoms with van der Waals surface area (Å²) in [6, 6.07) is 17.3. The number of hydrogen-bond donors (Lipinski definition) is 4. The summed E-state index contributed by atoms with van der Waals surface area (Å²) in [4.78, 5) is 28.4. The van der Waals surface area contributed by atoms with Crippen molar-refractivity contribution in [3.63, 3.8) is 0 Å². The third-order valence-electron chi connectivity index (χ3n) is 7.41. The number of rotatable bonds is 6. The van der Waals surface area contributed by atoms with Gasteiger partial charge in [0.25, 0.3) is 11.8 Å². The van der Waals surface area contributed by atoms with E-state index in [1.54, 1.807) is 26.2 Å². The van der Waals surface area contributed by atoms with Crippen LogP contribution in [0.15, 0.2) is 60.7 Å². The molecule has 0 radical (unpaired) electrons. The average Bonchev–Trinajstić information content (AvgIpc) is 3.40. The predicted octanol–water partition coefficient (Wildman–Crippen LogP) is 3.50. The van der Waals surface area contributed by atoms with Crippen molar-refractivity contribution in [3.8, 4) is 11.4 Å². The Morgan fingerprint density at radius 3 is 1.95 bits per heavy atom. The van der Waals surface area contributed by atoms with Gasteiger partial charge in [-0.25, -0.2) is 4.39 Å². The number of aryl methyl sites for hydroxylation is 2. The molecule has 0 fully saturated rings. The van der Waals surface area contributed by atoms with E-state index in [1.165, 1.54) is 12.1 Å². The molecule has 1 atom stereocenters. The lowest BCUT2D eigenvalue weighted by molar-refractivity contribution is 0.0955. The fourth-order valence-electron chi connectivity index (χ4n) is 5.67. The summed E-state index contributed by atoms with van der Waals surface area (Å²) in [5.74, 6) is 0.418. The molecule has 2 amide bonds. The molecule has 1 heterocycles. The van der Waals surface area contributed by atoms with Crippen molar-refractivity contribution < 1.29 is 14.0 Å². The number of carbonyl (C=O) groups is 2. The van der Waals surface area contributed by atoms with E-state index >= 15 is 0 Å². The number of nitrogens with zero attached hydrogens (tertiary/aromatic N) is 2. The molecule has 3 aromatic carbocycles. The first-order valence-corrected chi connectivity index (χ1v) is 12.9. The zero-order valence-electron chi connectivity index (χ0n) is 22.1. The first kappa shape index (κ1) is 26.2. The predicted molar refractivity (Wildman–Crippen MR) is 147 cm³/mol. The highest BCUT2D eigenvalue weighted by molar-refractivity contribution is 5.95. The molecule has 9 heteroatoms. The van der Waals surface area contributed by atoms with Gasteiger partial charge in [-0.3, -0.25) is 9.59 Å². The van der Waals surface area contributed by atoms with Crippen LogP contribution in [0.3, 0.4) is 0 Å². The number of aromatic nitrogens is 3. The molecule has 0 unspecified atom stereocenters. The highest BCUT2D eigenvalue weighted by Gasteiger charge is 2.44. The molecule has 4 aromatic rings. The van der Waals surface area contributed by atoms with Crippen molar-refractivity contribution in [1.82, 2.24) is 25.8 Å². The van der Waals surface area contributed by atoms with Crippen molar-refractivity contribution >= 4 is 11.8 Å². The number of fused-ring (bicyclic) bond motifs is 2. The standard InChI is InChI=1S/C30H31FN6O2/c1-17(32)16-30(29-35-26(36-37-29)18-6-10-23(31)11-7-18)24-12-8-21(27(38)33-2)14-19(24)4-5-20-15-22(28(39)34-3)9-13-25(20)30/h6-15,17H,4-5,16,32H2,1-3H3,(H,33,38)(H,34,39)(H,35,36,37)/t17-/m0/s1. The Bertz CT molecular complexity index is 1480. The molecule has 0 aliphatic heterocycles. The van der Waals surface area contributed by atoms with E-state index in [0.29, 0.717) is 47.6 Å². The zero-order valence-corrected chi connectivity index (χ0v) is 22.1. The molecule has 1 aromatic heterocycles. The fraction of sp³-hybridized carbons (Fsp3) is 0.267. The number of aromatic amines is 1. The second-order valence-electron chi connectivity index (χ2n) is 10.0. The first-order valence-electron chi connectivity index (χ1n) is 12.9. The van der Waals surface area contributed by atoms with Gasteiger partial charge in [-0.05, 0) is 97.0 Å². The van der Waals surface area contributed by atoms with Gasteiger partial charge in [0.2, 0.25) is 0 Å². The molecule has 200 valence electrons. The Kier molecular flexibility index (Phi) is 7.01. The summed E-state index contributed by atoms with van der Waals surface area (Å²) < 4.78 is 13.6. The minimum atomic E-state index is -0.844. The molecule has 0 spiro atoms. The molecule has 0 bridgehead atoms. The zero-order chi connectivity index (χ0) is 27.7. The lowest BCUT2D eigenvalue weighted by atomic mass is 9.68. The summed E-state index contributed by atoms with van der Waals surface area (Å²) in [6.45, 7) is 1.95. The first-order chi connectivity index (χ1) is 18.8. The van der Waals surface area contributed by atoms with Gasteiger partial charge < -0.3 is 21.4 Å². The van der Waals surface area contributed by atoms with E-state index in [4.69, 9.17) is 5.73 Å². The number of benzene rings is 3. The Hall–Kier alpha value is -4.37. The Labute approximate surface area is 226 Å². The largest absolute Gasteiger partial charge is 0.355 e. The summed E-state index contributed by atoms with van der Waals surface area (Å²) in [5.41, 5.74) is 11.4. The molecular weight excluding hydrogens is 495 g/mol. The van der Waals surface area contributed by atoms with Gasteiger partial charge >= 0.3 is 0 Å². The van der Waals surface area contributed by atoms with Crippen molar-refractivity contribution in [2.45, 2.75) is 37.6 Å². The van der Waals surface area contributed by atoms with Crippen LogP contribution in [0.1, 0.15) is 62.1 Å². The second kappa shape index (κ2) is 10.4. The van der Waals surface area contributed by atoms with E-state index < -0.39 is 5.41 Å². The number of amides is 2. The summed E-state index contributed by atoms with van der Waals surface area (Å²) >= 11 is 0. The van der Waals surface area contributed by atoms with Crippen molar-refractivity contribution in [2.75, 3.05) is 14.1 Å². The molecule has 1 aliphatic carbocycles. The summed E-state index contributed by atoms with van der Waals surface area (Å²) in [5, 5.41) is 14.5. The second-order valence-corrected chi connectivity index (χ2v) is 10.0. The molecule has 1 aliphatic rings. The van der Waals surface area contributed by atoms with Crippen molar-refractivity contribution in [3.05, 3.63) is 106 Å². The summed E-state index contributed by atoms with van der Waals surface area (Å²) in [6.07, 6.45) is 1.80. The highest BCUT2D eigenvalue weighted by Crippen LogP contribution is 2.47. The molecule has 5 rings (SSSR count). The Morgan fingerprint density at radius 1 is 0.923 bits per heavy atom. The maximum atomic E-state index is 13.6.